The number of fused-ring (bicyclic) bond motifs is 2. The van der Waals surface area contributed by atoms with Crippen LogP contribution in [-0.2, 0) is 6.54 Å². The molecular weight excluding hydrogens is 292 g/mol. The minimum Gasteiger partial charge on any atom is -0.316 e. The van der Waals surface area contributed by atoms with Gasteiger partial charge >= 0.3 is 0 Å². The molecule has 3 aromatic heterocycles. The van der Waals surface area contributed by atoms with Gasteiger partial charge in [-0.15, -0.1) is 0 Å². The topological polar surface area (TPSA) is 60.1 Å². The van der Waals surface area contributed by atoms with Gasteiger partial charge in [0.05, 0.1) is 21.8 Å². The third-order valence-corrected chi connectivity index (χ3v) is 3.98. The van der Waals surface area contributed by atoms with E-state index in [0.717, 1.165) is 12.8 Å². The van der Waals surface area contributed by atoms with Gasteiger partial charge in [0.25, 0.3) is 11.1 Å². The zero-order valence-electron chi connectivity index (χ0n) is 13.6. The fourth-order valence-corrected chi connectivity index (χ4v) is 2.67. The maximum Gasteiger partial charge on any atom is 0.278 e. The summed E-state index contributed by atoms with van der Waals surface area (Å²) in [7, 11) is 3.58. The van der Waals surface area contributed by atoms with Gasteiger partial charge in [-0.1, -0.05) is 13.3 Å². The zero-order valence-corrected chi connectivity index (χ0v) is 13.6. The van der Waals surface area contributed by atoms with Crippen molar-refractivity contribution in [2.75, 3.05) is 19.1 Å². The highest BCUT2D eigenvalue weighted by Crippen LogP contribution is 2.14. The lowest BCUT2D eigenvalue weighted by Crippen LogP contribution is -2.35. The van der Waals surface area contributed by atoms with E-state index in [1.54, 1.807) is 48.2 Å². The van der Waals surface area contributed by atoms with Gasteiger partial charge in [0.1, 0.15) is 0 Å². The summed E-state index contributed by atoms with van der Waals surface area (Å²) in [5.41, 5.74) is 0.957. The lowest BCUT2D eigenvalue weighted by molar-refractivity contribution is 0.617. The lowest BCUT2D eigenvalue weighted by atomic mass is 10.2. The Balaban J connectivity index is 2.29. The second-order valence-corrected chi connectivity index (χ2v) is 5.83. The molecule has 3 rings (SSSR count). The van der Waals surface area contributed by atoms with Crippen molar-refractivity contribution in [3.63, 3.8) is 0 Å². The Morgan fingerprint density at radius 1 is 1.04 bits per heavy atom. The monoisotopic (exact) mass is 312 g/mol. The summed E-state index contributed by atoms with van der Waals surface area (Å²) in [6, 6.07) is 5.30. The first-order valence-electron chi connectivity index (χ1n) is 7.76. The van der Waals surface area contributed by atoms with Crippen LogP contribution in [0.1, 0.15) is 19.8 Å². The van der Waals surface area contributed by atoms with Crippen LogP contribution in [0.25, 0.3) is 21.8 Å². The van der Waals surface area contributed by atoms with Crippen molar-refractivity contribution in [2.24, 2.45) is 0 Å². The third kappa shape index (κ3) is 2.60. The van der Waals surface area contributed by atoms with Crippen molar-refractivity contribution >= 4 is 21.8 Å². The van der Waals surface area contributed by atoms with Gasteiger partial charge in [0, 0.05) is 33.0 Å². The molecule has 0 saturated heterocycles. The average molecular weight is 312 g/mol. The predicted molar refractivity (Wildman–Crippen MR) is 92.7 cm³/mol. The molecule has 0 unspecified atom stereocenters. The van der Waals surface area contributed by atoms with Crippen LogP contribution in [0, 0.1) is 0 Å². The van der Waals surface area contributed by atoms with Crippen LogP contribution in [0.3, 0.4) is 0 Å². The fraction of sp³-hybridized carbons (Fsp3) is 0.353. The smallest absolute Gasteiger partial charge is 0.278 e. The number of hydrogen-bond acceptors (Lipinski definition) is 4. The first kappa shape index (κ1) is 15.3. The first-order chi connectivity index (χ1) is 11.0. The molecule has 120 valence electrons. The second-order valence-electron chi connectivity index (χ2n) is 5.83. The normalized spacial score (nSPS) is 11.3. The Bertz CT molecular complexity index is 985. The molecule has 3 heterocycles. The molecule has 6 heteroatoms. The van der Waals surface area contributed by atoms with Crippen LogP contribution >= 0.6 is 0 Å². The van der Waals surface area contributed by atoms with Crippen LogP contribution in [-0.4, -0.2) is 28.3 Å². The number of rotatable bonds is 4. The number of nitrogens with zero attached hydrogens (tertiary/aromatic N) is 4. The highest BCUT2D eigenvalue weighted by Gasteiger charge is 2.10. The molecule has 23 heavy (non-hydrogen) atoms. The fourth-order valence-electron chi connectivity index (χ4n) is 2.67. The number of unbranched alkanes of at least 4 members (excludes halogenated alkanes) is 1. The van der Waals surface area contributed by atoms with E-state index < -0.39 is 0 Å². The van der Waals surface area contributed by atoms with Gasteiger partial charge in [-0.2, -0.15) is 0 Å². The average Bonchev–Trinajstić information content (AvgIpc) is 2.53. The van der Waals surface area contributed by atoms with Gasteiger partial charge < -0.3 is 9.58 Å². The van der Waals surface area contributed by atoms with Crippen molar-refractivity contribution in [1.82, 2.24) is 14.2 Å². The maximum absolute atomic E-state index is 12.6. The molecule has 0 aliphatic rings. The van der Waals surface area contributed by atoms with Gasteiger partial charge in [-0.05, 0) is 24.6 Å². The lowest BCUT2D eigenvalue weighted by Gasteiger charge is -2.16. The summed E-state index contributed by atoms with van der Waals surface area (Å²) in [5, 5.41) is 2.64. The van der Waals surface area contributed by atoms with Gasteiger partial charge in [0.15, 0.2) is 0 Å². The first-order valence-corrected chi connectivity index (χ1v) is 7.76. The molecule has 0 spiro atoms. The molecule has 6 nitrogen and oxygen atoms in total. The minimum absolute atomic E-state index is 0.0926. The summed E-state index contributed by atoms with van der Waals surface area (Å²) >= 11 is 0. The van der Waals surface area contributed by atoms with Crippen molar-refractivity contribution in [3.05, 3.63) is 51.3 Å². The van der Waals surface area contributed by atoms with E-state index in [4.69, 9.17) is 0 Å². The molecule has 0 aliphatic carbocycles. The number of aromatic nitrogens is 3. The Labute approximate surface area is 133 Å². The molecule has 0 aromatic carbocycles. The van der Waals surface area contributed by atoms with Crippen LogP contribution in [0.2, 0.25) is 0 Å². The van der Waals surface area contributed by atoms with Crippen molar-refractivity contribution in [2.45, 2.75) is 26.3 Å². The van der Waals surface area contributed by atoms with Crippen molar-refractivity contribution < 1.29 is 0 Å². The summed E-state index contributed by atoms with van der Waals surface area (Å²) in [4.78, 5) is 29.6. The van der Waals surface area contributed by atoms with E-state index in [1.807, 2.05) is 6.07 Å². The SMILES string of the molecule is CCCCn1ccc2nc3ccn(N(C)C)c(=O)c3cc2c1=O. The quantitative estimate of drug-likeness (QED) is 0.688. The summed E-state index contributed by atoms with van der Waals surface area (Å²) in [6.07, 6.45) is 5.43. The van der Waals surface area contributed by atoms with Crippen LogP contribution in [0.4, 0.5) is 0 Å². The van der Waals surface area contributed by atoms with Crippen LogP contribution in [0.5, 0.6) is 0 Å². The van der Waals surface area contributed by atoms with Crippen molar-refractivity contribution in [3.8, 4) is 0 Å². The van der Waals surface area contributed by atoms with Gasteiger partial charge in [-0.3, -0.25) is 9.59 Å². The number of aryl methyl sites for hydroxylation is 1. The summed E-state index contributed by atoms with van der Waals surface area (Å²) in [6.45, 7) is 2.77. The van der Waals surface area contributed by atoms with Crippen LogP contribution < -0.4 is 16.1 Å². The van der Waals surface area contributed by atoms with Crippen molar-refractivity contribution in [1.29, 1.82) is 0 Å². The highest BCUT2D eigenvalue weighted by atomic mass is 16.1. The third-order valence-electron chi connectivity index (χ3n) is 3.98. The molecule has 0 atom stereocenters. The van der Waals surface area contributed by atoms with Gasteiger partial charge in [-0.25, -0.2) is 9.66 Å². The second kappa shape index (κ2) is 5.87. The minimum atomic E-state index is -0.176. The van der Waals surface area contributed by atoms with E-state index in [2.05, 4.69) is 11.9 Å². The Morgan fingerprint density at radius 3 is 2.35 bits per heavy atom. The standard InChI is InChI=1S/C17H20N4O2/c1-4-5-8-20-9-6-14-12(16(20)22)11-13-15(18-14)7-10-21(17(13)23)19(2)3/h6-7,9-11H,4-5,8H2,1-3H3. The Kier molecular flexibility index (Phi) is 3.90. The molecule has 0 bridgehead atoms. The maximum atomic E-state index is 12.6. The molecule has 0 N–H and O–H groups in total. The van der Waals surface area contributed by atoms with Gasteiger partial charge in [0.2, 0.25) is 0 Å². The molecule has 0 amide bonds. The molecule has 0 saturated carbocycles. The number of hydrogen-bond donors (Lipinski definition) is 0. The van der Waals surface area contributed by atoms with Crippen LogP contribution in [0.15, 0.2) is 40.2 Å². The zero-order chi connectivity index (χ0) is 16.6. The number of pyridine rings is 3. The summed E-state index contributed by atoms with van der Waals surface area (Å²) in [5.74, 6) is 0. The Hall–Kier alpha value is -2.63. The molecule has 0 aliphatic heterocycles. The Morgan fingerprint density at radius 2 is 1.70 bits per heavy atom. The molecule has 0 radical (unpaired) electrons. The molecule has 3 aromatic rings. The largest absolute Gasteiger partial charge is 0.316 e. The highest BCUT2D eigenvalue weighted by molar-refractivity contribution is 5.91. The van der Waals surface area contributed by atoms with E-state index in [-0.39, 0.29) is 11.1 Å². The van der Waals surface area contributed by atoms with E-state index in [0.29, 0.717) is 28.4 Å². The molecule has 0 fully saturated rings. The summed E-state index contributed by atoms with van der Waals surface area (Å²) < 4.78 is 3.18. The van der Waals surface area contributed by atoms with E-state index >= 15 is 0 Å². The van der Waals surface area contributed by atoms with E-state index in [9.17, 15) is 9.59 Å². The molecular formula is C17H20N4O2. The van der Waals surface area contributed by atoms with E-state index in [1.165, 1.54) is 4.68 Å². The predicted octanol–water partition coefficient (Wildman–Crippen LogP) is 1.71.